The summed E-state index contributed by atoms with van der Waals surface area (Å²) in [5.41, 5.74) is 0. The molecule has 0 saturated carbocycles. The third-order valence-electron chi connectivity index (χ3n) is 4.69. The van der Waals surface area contributed by atoms with Crippen LogP contribution in [-0.2, 0) is 9.47 Å². The van der Waals surface area contributed by atoms with Gasteiger partial charge < -0.3 is 24.4 Å². The summed E-state index contributed by atoms with van der Waals surface area (Å²) >= 11 is 0. The Morgan fingerprint density at radius 3 is 2.74 bits per heavy atom. The van der Waals surface area contributed by atoms with Gasteiger partial charge in [-0.25, -0.2) is 4.99 Å². The lowest BCUT2D eigenvalue weighted by Crippen LogP contribution is -2.53. The number of nitrogens with one attached hydrogen (secondary N) is 1. The Kier molecular flexibility index (Phi) is 9.64. The van der Waals surface area contributed by atoms with Crippen molar-refractivity contribution in [1.82, 2.24) is 10.2 Å². The number of hydrogen-bond donors (Lipinski definition) is 1. The number of hydrogen-bond acceptors (Lipinski definition) is 4. The Balaban J connectivity index is 0.00000261. The smallest absolute Gasteiger partial charge is 0.194 e. The maximum absolute atomic E-state index is 5.95. The molecule has 0 spiro atoms. The van der Waals surface area contributed by atoms with E-state index in [0.717, 1.165) is 50.8 Å². The van der Waals surface area contributed by atoms with E-state index in [2.05, 4.69) is 24.1 Å². The quantitative estimate of drug-likeness (QED) is 0.379. The van der Waals surface area contributed by atoms with Crippen LogP contribution in [0.4, 0.5) is 0 Å². The molecule has 3 atom stereocenters. The fourth-order valence-corrected chi connectivity index (χ4v) is 3.40. The van der Waals surface area contributed by atoms with Crippen LogP contribution in [0.3, 0.4) is 0 Å². The fourth-order valence-electron chi connectivity index (χ4n) is 3.40. The SMILES string of the molecule is CCNC(=NCC(C)Oc1ccccc1)N1CCOC(C2CCCO2)C1.I. The molecule has 1 aromatic rings. The Morgan fingerprint density at radius 2 is 2.04 bits per heavy atom. The topological polar surface area (TPSA) is 55.3 Å². The van der Waals surface area contributed by atoms with Crippen LogP contribution in [0.15, 0.2) is 35.3 Å². The van der Waals surface area contributed by atoms with E-state index in [0.29, 0.717) is 13.2 Å². The lowest BCUT2D eigenvalue weighted by atomic mass is 10.1. The Labute approximate surface area is 179 Å². The summed E-state index contributed by atoms with van der Waals surface area (Å²) < 4.78 is 17.7. The second-order valence-corrected chi connectivity index (χ2v) is 6.84. The Bertz CT molecular complexity index is 567. The highest BCUT2D eigenvalue weighted by Gasteiger charge is 2.32. The summed E-state index contributed by atoms with van der Waals surface area (Å²) in [4.78, 5) is 7.09. The average molecular weight is 489 g/mol. The highest BCUT2D eigenvalue weighted by molar-refractivity contribution is 14.0. The number of nitrogens with zero attached hydrogens (tertiary/aromatic N) is 2. The number of guanidine groups is 1. The van der Waals surface area contributed by atoms with Crippen LogP contribution < -0.4 is 10.1 Å². The summed E-state index contributed by atoms with van der Waals surface area (Å²) in [5, 5.41) is 3.41. The van der Waals surface area contributed by atoms with Crippen LogP contribution >= 0.6 is 24.0 Å². The van der Waals surface area contributed by atoms with Crippen molar-refractivity contribution < 1.29 is 14.2 Å². The van der Waals surface area contributed by atoms with E-state index in [4.69, 9.17) is 19.2 Å². The lowest BCUT2D eigenvalue weighted by Gasteiger charge is -2.37. The molecule has 3 unspecified atom stereocenters. The van der Waals surface area contributed by atoms with E-state index in [1.165, 1.54) is 0 Å². The summed E-state index contributed by atoms with van der Waals surface area (Å²) in [7, 11) is 0. The molecule has 0 aliphatic carbocycles. The van der Waals surface area contributed by atoms with Crippen molar-refractivity contribution in [3.63, 3.8) is 0 Å². The second-order valence-electron chi connectivity index (χ2n) is 6.84. The number of para-hydroxylation sites is 1. The molecular formula is C20H32IN3O3. The largest absolute Gasteiger partial charge is 0.489 e. The maximum atomic E-state index is 5.95. The monoisotopic (exact) mass is 489 g/mol. The molecule has 0 radical (unpaired) electrons. The standard InChI is InChI=1S/C20H31N3O3.HI/c1-3-21-20(22-14-16(2)26-17-8-5-4-6-9-17)23-11-13-25-19(15-23)18-10-7-12-24-18;/h4-6,8-9,16,18-19H,3,7,10-15H2,1-2H3,(H,21,22);1H. The van der Waals surface area contributed by atoms with Gasteiger partial charge >= 0.3 is 0 Å². The molecule has 3 rings (SSSR count). The van der Waals surface area contributed by atoms with Crippen molar-refractivity contribution in [2.75, 3.05) is 39.4 Å². The molecule has 2 aliphatic heterocycles. The summed E-state index contributed by atoms with van der Waals surface area (Å²) in [6, 6.07) is 9.89. The van der Waals surface area contributed by atoms with E-state index >= 15 is 0 Å². The first kappa shape index (κ1) is 22.2. The van der Waals surface area contributed by atoms with Crippen molar-refractivity contribution in [2.24, 2.45) is 4.99 Å². The van der Waals surface area contributed by atoms with Crippen LogP contribution in [0.2, 0.25) is 0 Å². The van der Waals surface area contributed by atoms with E-state index in [1.54, 1.807) is 0 Å². The van der Waals surface area contributed by atoms with Gasteiger partial charge in [0.1, 0.15) is 18.0 Å². The van der Waals surface area contributed by atoms with Gasteiger partial charge in [-0.05, 0) is 38.8 Å². The molecule has 2 saturated heterocycles. The molecule has 1 aromatic carbocycles. The first-order valence-corrected chi connectivity index (χ1v) is 9.74. The molecule has 2 heterocycles. The Hall–Kier alpha value is -1.06. The van der Waals surface area contributed by atoms with Crippen molar-refractivity contribution in [3.05, 3.63) is 30.3 Å². The summed E-state index contributed by atoms with van der Waals surface area (Å²) in [6.45, 7) is 8.84. The van der Waals surface area contributed by atoms with Crippen LogP contribution in [0.5, 0.6) is 5.75 Å². The first-order valence-electron chi connectivity index (χ1n) is 9.74. The van der Waals surface area contributed by atoms with E-state index < -0.39 is 0 Å². The van der Waals surface area contributed by atoms with Gasteiger partial charge in [0.05, 0.1) is 19.3 Å². The zero-order valence-corrected chi connectivity index (χ0v) is 18.6. The highest BCUT2D eigenvalue weighted by atomic mass is 127. The van der Waals surface area contributed by atoms with Gasteiger partial charge in [0, 0.05) is 26.2 Å². The number of halogens is 1. The molecule has 2 fully saturated rings. The highest BCUT2D eigenvalue weighted by Crippen LogP contribution is 2.21. The van der Waals surface area contributed by atoms with Crippen LogP contribution in [0.25, 0.3) is 0 Å². The summed E-state index contributed by atoms with van der Waals surface area (Å²) in [5.74, 6) is 1.81. The van der Waals surface area contributed by atoms with Gasteiger partial charge in [-0.3, -0.25) is 0 Å². The minimum atomic E-state index is 0. The molecule has 27 heavy (non-hydrogen) atoms. The average Bonchev–Trinajstić information content (AvgIpc) is 3.21. The fraction of sp³-hybridized carbons (Fsp3) is 0.650. The van der Waals surface area contributed by atoms with E-state index in [9.17, 15) is 0 Å². The van der Waals surface area contributed by atoms with Crippen molar-refractivity contribution in [1.29, 1.82) is 0 Å². The maximum Gasteiger partial charge on any atom is 0.194 e. The molecule has 7 heteroatoms. The van der Waals surface area contributed by atoms with Crippen LogP contribution in [0, 0.1) is 0 Å². The van der Waals surface area contributed by atoms with Crippen molar-refractivity contribution in [3.8, 4) is 5.75 Å². The molecule has 152 valence electrons. The Morgan fingerprint density at radius 1 is 1.26 bits per heavy atom. The van der Waals surface area contributed by atoms with E-state index in [-0.39, 0.29) is 42.3 Å². The number of aliphatic imine (C=N–C) groups is 1. The van der Waals surface area contributed by atoms with Gasteiger partial charge in [-0.15, -0.1) is 24.0 Å². The zero-order chi connectivity index (χ0) is 18.2. The second kappa shape index (κ2) is 11.7. The first-order chi connectivity index (χ1) is 12.8. The molecular weight excluding hydrogens is 457 g/mol. The molecule has 6 nitrogen and oxygen atoms in total. The van der Waals surface area contributed by atoms with Gasteiger partial charge in [0.15, 0.2) is 5.96 Å². The van der Waals surface area contributed by atoms with Crippen molar-refractivity contribution in [2.45, 2.75) is 45.0 Å². The normalized spacial score (nSPS) is 24.2. The molecule has 0 amide bonds. The molecule has 1 N–H and O–H groups in total. The van der Waals surface area contributed by atoms with Gasteiger partial charge in [0.2, 0.25) is 0 Å². The van der Waals surface area contributed by atoms with Gasteiger partial charge in [0.25, 0.3) is 0 Å². The molecule has 0 bridgehead atoms. The summed E-state index contributed by atoms with van der Waals surface area (Å²) in [6.07, 6.45) is 2.59. The third-order valence-corrected chi connectivity index (χ3v) is 4.69. The number of benzene rings is 1. The predicted octanol–water partition coefficient (Wildman–Crippen LogP) is 2.92. The van der Waals surface area contributed by atoms with E-state index in [1.807, 2.05) is 30.3 Å². The zero-order valence-electron chi connectivity index (χ0n) is 16.3. The minimum Gasteiger partial charge on any atom is -0.489 e. The van der Waals surface area contributed by atoms with Crippen LogP contribution in [0.1, 0.15) is 26.7 Å². The number of ether oxygens (including phenoxy) is 3. The minimum absolute atomic E-state index is 0. The molecule has 2 aliphatic rings. The third kappa shape index (κ3) is 6.80. The number of rotatable bonds is 6. The molecule has 0 aromatic heterocycles. The van der Waals surface area contributed by atoms with Gasteiger partial charge in [-0.2, -0.15) is 0 Å². The number of morpholine rings is 1. The van der Waals surface area contributed by atoms with Gasteiger partial charge in [-0.1, -0.05) is 18.2 Å². The predicted molar refractivity (Wildman–Crippen MR) is 118 cm³/mol. The van der Waals surface area contributed by atoms with Crippen molar-refractivity contribution >= 4 is 29.9 Å². The lowest BCUT2D eigenvalue weighted by molar-refractivity contribution is -0.0817. The van der Waals surface area contributed by atoms with Crippen LogP contribution in [-0.4, -0.2) is 68.6 Å².